The standard InChI is InChI=1S/C17H21FN2O/c1-13(2)20-12-15-5-6-17(16(18)10-15)21-9-7-14-4-3-8-19-11-14/h3-6,8,10-11,13,20H,7,9,12H2,1-2H3. The lowest BCUT2D eigenvalue weighted by molar-refractivity contribution is 0.305. The molecule has 1 heterocycles. The Bertz CT molecular complexity index is 558. The van der Waals surface area contributed by atoms with Gasteiger partial charge in [0.1, 0.15) is 0 Å². The van der Waals surface area contributed by atoms with Crippen LogP contribution in [-0.2, 0) is 13.0 Å². The highest BCUT2D eigenvalue weighted by molar-refractivity contribution is 5.29. The predicted molar refractivity (Wildman–Crippen MR) is 81.8 cm³/mol. The molecule has 0 saturated carbocycles. The maximum Gasteiger partial charge on any atom is 0.165 e. The van der Waals surface area contributed by atoms with E-state index in [1.54, 1.807) is 18.5 Å². The Labute approximate surface area is 125 Å². The molecule has 0 aliphatic carbocycles. The minimum Gasteiger partial charge on any atom is -0.490 e. The molecule has 0 radical (unpaired) electrons. The van der Waals surface area contributed by atoms with Crippen molar-refractivity contribution in [3.8, 4) is 5.75 Å². The van der Waals surface area contributed by atoms with Gasteiger partial charge < -0.3 is 10.1 Å². The zero-order chi connectivity index (χ0) is 15.1. The Kier molecular flexibility index (Phi) is 5.69. The molecule has 2 aromatic rings. The second kappa shape index (κ2) is 7.74. The molecule has 4 heteroatoms. The average molecular weight is 288 g/mol. The van der Waals surface area contributed by atoms with Crippen LogP contribution in [0.2, 0.25) is 0 Å². The van der Waals surface area contributed by atoms with E-state index >= 15 is 0 Å². The van der Waals surface area contributed by atoms with E-state index in [0.29, 0.717) is 31.4 Å². The molecule has 0 bridgehead atoms. The molecule has 112 valence electrons. The van der Waals surface area contributed by atoms with E-state index in [1.807, 2.05) is 18.2 Å². The van der Waals surface area contributed by atoms with Crippen LogP contribution in [0.1, 0.15) is 25.0 Å². The molecule has 1 aromatic heterocycles. The van der Waals surface area contributed by atoms with Gasteiger partial charge in [0.15, 0.2) is 11.6 Å². The van der Waals surface area contributed by atoms with Crippen molar-refractivity contribution in [2.75, 3.05) is 6.61 Å². The number of nitrogens with one attached hydrogen (secondary N) is 1. The molecule has 1 aromatic carbocycles. The summed E-state index contributed by atoms with van der Waals surface area (Å²) >= 11 is 0. The van der Waals surface area contributed by atoms with Crippen molar-refractivity contribution < 1.29 is 9.13 Å². The molecule has 0 fully saturated rings. The highest BCUT2D eigenvalue weighted by Gasteiger charge is 2.05. The number of nitrogens with zero attached hydrogens (tertiary/aromatic N) is 1. The van der Waals surface area contributed by atoms with Gasteiger partial charge in [0.25, 0.3) is 0 Å². The van der Waals surface area contributed by atoms with Crippen molar-refractivity contribution in [3.63, 3.8) is 0 Å². The van der Waals surface area contributed by atoms with Gasteiger partial charge in [-0.2, -0.15) is 0 Å². The quantitative estimate of drug-likeness (QED) is 0.848. The normalized spacial score (nSPS) is 10.9. The number of ether oxygens (including phenoxy) is 1. The van der Waals surface area contributed by atoms with Crippen LogP contribution in [0.15, 0.2) is 42.7 Å². The summed E-state index contributed by atoms with van der Waals surface area (Å²) in [7, 11) is 0. The summed E-state index contributed by atoms with van der Waals surface area (Å²) in [4.78, 5) is 4.04. The lowest BCUT2D eigenvalue weighted by atomic mass is 10.2. The van der Waals surface area contributed by atoms with E-state index in [2.05, 4.69) is 24.1 Å². The van der Waals surface area contributed by atoms with Gasteiger partial charge in [-0.25, -0.2) is 4.39 Å². The fraction of sp³-hybridized carbons (Fsp3) is 0.353. The molecule has 0 aliphatic heterocycles. The Hall–Kier alpha value is -1.94. The molecule has 0 atom stereocenters. The Morgan fingerprint density at radius 1 is 1.24 bits per heavy atom. The molecule has 3 nitrogen and oxygen atoms in total. The van der Waals surface area contributed by atoms with E-state index in [1.165, 1.54) is 6.07 Å². The minimum atomic E-state index is -0.316. The number of halogens is 1. The lowest BCUT2D eigenvalue weighted by Gasteiger charge is -2.11. The third-order valence-electron chi connectivity index (χ3n) is 3.08. The fourth-order valence-corrected chi connectivity index (χ4v) is 1.92. The fourth-order valence-electron chi connectivity index (χ4n) is 1.92. The molecule has 0 aliphatic rings. The van der Waals surface area contributed by atoms with Gasteiger partial charge in [0, 0.05) is 31.4 Å². The number of hydrogen-bond donors (Lipinski definition) is 1. The first kappa shape index (κ1) is 15.4. The van der Waals surface area contributed by atoms with Gasteiger partial charge in [-0.3, -0.25) is 4.98 Å². The van der Waals surface area contributed by atoms with Gasteiger partial charge in [0.2, 0.25) is 0 Å². The second-order valence-electron chi connectivity index (χ2n) is 5.26. The molecule has 21 heavy (non-hydrogen) atoms. The molecule has 1 N–H and O–H groups in total. The Morgan fingerprint density at radius 3 is 2.76 bits per heavy atom. The third kappa shape index (κ3) is 5.16. The summed E-state index contributed by atoms with van der Waals surface area (Å²) in [5, 5.41) is 3.26. The summed E-state index contributed by atoms with van der Waals surface area (Å²) < 4.78 is 19.4. The summed E-state index contributed by atoms with van der Waals surface area (Å²) in [6.07, 6.45) is 4.23. The molecule has 2 rings (SSSR count). The van der Waals surface area contributed by atoms with Gasteiger partial charge in [0.05, 0.1) is 6.61 Å². The molecule has 0 unspecified atom stereocenters. The van der Waals surface area contributed by atoms with Crippen molar-refractivity contribution >= 4 is 0 Å². The Balaban J connectivity index is 1.86. The zero-order valence-electron chi connectivity index (χ0n) is 12.5. The van der Waals surface area contributed by atoms with Crippen LogP contribution >= 0.6 is 0 Å². The second-order valence-corrected chi connectivity index (χ2v) is 5.26. The van der Waals surface area contributed by atoms with E-state index in [9.17, 15) is 4.39 Å². The van der Waals surface area contributed by atoms with Crippen molar-refractivity contribution in [1.82, 2.24) is 10.3 Å². The van der Waals surface area contributed by atoms with Crippen LogP contribution in [-0.4, -0.2) is 17.6 Å². The smallest absolute Gasteiger partial charge is 0.165 e. The maximum atomic E-state index is 13.9. The highest BCUT2D eigenvalue weighted by atomic mass is 19.1. The van der Waals surface area contributed by atoms with Gasteiger partial charge in [-0.05, 0) is 29.3 Å². The summed E-state index contributed by atoms with van der Waals surface area (Å²) in [5.41, 5.74) is 2.00. The molecule has 0 amide bonds. The summed E-state index contributed by atoms with van der Waals surface area (Å²) in [6, 6.07) is 9.34. The number of rotatable bonds is 7. The average Bonchev–Trinajstić information content (AvgIpc) is 2.48. The van der Waals surface area contributed by atoms with Crippen molar-refractivity contribution in [1.29, 1.82) is 0 Å². The topological polar surface area (TPSA) is 34.1 Å². The SMILES string of the molecule is CC(C)NCc1ccc(OCCc2cccnc2)c(F)c1. The number of benzene rings is 1. The largest absolute Gasteiger partial charge is 0.490 e. The van der Waals surface area contributed by atoms with Crippen LogP contribution in [0, 0.1) is 5.82 Å². The highest BCUT2D eigenvalue weighted by Crippen LogP contribution is 2.18. The third-order valence-corrected chi connectivity index (χ3v) is 3.08. The van der Waals surface area contributed by atoms with E-state index in [0.717, 1.165) is 11.1 Å². The van der Waals surface area contributed by atoms with Crippen LogP contribution in [0.4, 0.5) is 4.39 Å². The van der Waals surface area contributed by atoms with Crippen molar-refractivity contribution in [2.24, 2.45) is 0 Å². The monoisotopic (exact) mass is 288 g/mol. The van der Waals surface area contributed by atoms with E-state index < -0.39 is 0 Å². The molecule has 0 spiro atoms. The number of aromatic nitrogens is 1. The maximum absolute atomic E-state index is 13.9. The van der Waals surface area contributed by atoms with Crippen LogP contribution in [0.5, 0.6) is 5.75 Å². The van der Waals surface area contributed by atoms with E-state index in [4.69, 9.17) is 4.74 Å². The van der Waals surface area contributed by atoms with Crippen LogP contribution in [0.3, 0.4) is 0 Å². The molecule has 0 saturated heterocycles. The van der Waals surface area contributed by atoms with Gasteiger partial charge in [-0.15, -0.1) is 0 Å². The van der Waals surface area contributed by atoms with Crippen LogP contribution in [0.25, 0.3) is 0 Å². The zero-order valence-corrected chi connectivity index (χ0v) is 12.5. The predicted octanol–water partition coefficient (Wildman–Crippen LogP) is 3.34. The van der Waals surface area contributed by atoms with Crippen molar-refractivity contribution in [2.45, 2.75) is 32.9 Å². The number of pyridine rings is 1. The van der Waals surface area contributed by atoms with Gasteiger partial charge in [-0.1, -0.05) is 26.0 Å². The first-order valence-electron chi connectivity index (χ1n) is 7.18. The summed E-state index contributed by atoms with van der Waals surface area (Å²) in [6.45, 7) is 5.22. The van der Waals surface area contributed by atoms with Crippen molar-refractivity contribution in [3.05, 3.63) is 59.7 Å². The van der Waals surface area contributed by atoms with E-state index in [-0.39, 0.29) is 5.82 Å². The minimum absolute atomic E-state index is 0.298. The molecular weight excluding hydrogens is 267 g/mol. The summed E-state index contributed by atoms with van der Waals surface area (Å²) in [5.74, 6) is -0.0172. The lowest BCUT2D eigenvalue weighted by Crippen LogP contribution is -2.21. The first-order valence-corrected chi connectivity index (χ1v) is 7.18. The number of hydrogen-bond acceptors (Lipinski definition) is 3. The van der Waals surface area contributed by atoms with Crippen LogP contribution < -0.4 is 10.1 Å². The first-order chi connectivity index (χ1) is 10.1. The van der Waals surface area contributed by atoms with Gasteiger partial charge >= 0.3 is 0 Å². The molecular formula is C17H21FN2O. The Morgan fingerprint density at radius 2 is 2.10 bits per heavy atom.